The summed E-state index contributed by atoms with van der Waals surface area (Å²) in [6, 6.07) is 7.16. The van der Waals surface area contributed by atoms with Gasteiger partial charge in [0.05, 0.1) is 21.2 Å². The molecule has 0 fully saturated rings. The van der Waals surface area contributed by atoms with E-state index in [1.165, 1.54) is 16.2 Å². The monoisotopic (exact) mass is 364 g/mol. The van der Waals surface area contributed by atoms with Gasteiger partial charge in [-0.05, 0) is 42.9 Å². The number of hydrogen-bond acceptors (Lipinski definition) is 3. The van der Waals surface area contributed by atoms with Crippen molar-refractivity contribution in [3.8, 4) is 6.07 Å². The number of halogens is 2. The Balaban J connectivity index is 1.93. The van der Waals surface area contributed by atoms with Gasteiger partial charge < -0.3 is 5.32 Å². The predicted octanol–water partition coefficient (Wildman–Crippen LogP) is 5.30. The van der Waals surface area contributed by atoms with Gasteiger partial charge in [-0.3, -0.25) is 4.79 Å². The van der Waals surface area contributed by atoms with Gasteiger partial charge in [0.2, 0.25) is 0 Å². The molecule has 0 saturated heterocycles. The molecule has 1 aliphatic carbocycles. The quantitative estimate of drug-likeness (QED) is 0.785. The summed E-state index contributed by atoms with van der Waals surface area (Å²) in [7, 11) is 0. The summed E-state index contributed by atoms with van der Waals surface area (Å²) < 4.78 is 0. The maximum absolute atomic E-state index is 12.5. The van der Waals surface area contributed by atoms with Crippen molar-refractivity contribution in [2.45, 2.75) is 26.2 Å². The van der Waals surface area contributed by atoms with Crippen LogP contribution in [0.15, 0.2) is 18.2 Å². The van der Waals surface area contributed by atoms with Crippen LogP contribution in [0.2, 0.25) is 10.0 Å². The van der Waals surface area contributed by atoms with Crippen molar-refractivity contribution in [3.05, 3.63) is 49.8 Å². The van der Waals surface area contributed by atoms with E-state index in [1.54, 1.807) is 18.2 Å². The normalized spacial score (nSPS) is 16.5. The van der Waals surface area contributed by atoms with E-state index in [-0.39, 0.29) is 10.9 Å². The average Bonchev–Trinajstić information content (AvgIpc) is 2.85. The number of thiophene rings is 1. The molecule has 0 radical (unpaired) electrons. The number of nitrogens with zero attached hydrogens (tertiary/aromatic N) is 1. The minimum atomic E-state index is -0.347. The molecule has 1 aromatic heterocycles. The van der Waals surface area contributed by atoms with Gasteiger partial charge in [0, 0.05) is 4.88 Å². The number of benzene rings is 1. The molecule has 1 heterocycles. The number of amides is 1. The van der Waals surface area contributed by atoms with Crippen molar-refractivity contribution < 1.29 is 4.79 Å². The first-order chi connectivity index (χ1) is 11.0. The lowest BCUT2D eigenvalue weighted by Gasteiger charge is -2.17. The molecule has 118 valence electrons. The molecule has 1 aromatic carbocycles. The number of nitrogens with one attached hydrogen (secondary N) is 1. The topological polar surface area (TPSA) is 52.9 Å². The van der Waals surface area contributed by atoms with Crippen LogP contribution in [-0.4, -0.2) is 5.91 Å². The van der Waals surface area contributed by atoms with Gasteiger partial charge in [-0.15, -0.1) is 11.3 Å². The Morgan fingerprint density at radius 3 is 2.96 bits per heavy atom. The van der Waals surface area contributed by atoms with Gasteiger partial charge in [0.15, 0.2) is 0 Å². The van der Waals surface area contributed by atoms with E-state index in [0.717, 1.165) is 24.8 Å². The van der Waals surface area contributed by atoms with Crippen molar-refractivity contribution in [1.29, 1.82) is 5.26 Å². The zero-order valence-corrected chi connectivity index (χ0v) is 14.8. The summed E-state index contributed by atoms with van der Waals surface area (Å²) in [4.78, 5) is 13.7. The second kappa shape index (κ2) is 6.52. The van der Waals surface area contributed by atoms with Crippen LogP contribution in [0.5, 0.6) is 0 Å². The average molecular weight is 365 g/mol. The third-order valence-corrected chi connectivity index (χ3v) is 6.04. The molecule has 0 saturated carbocycles. The molecule has 1 N–H and O–H groups in total. The molecule has 6 heteroatoms. The van der Waals surface area contributed by atoms with Crippen molar-refractivity contribution in [2.24, 2.45) is 5.92 Å². The van der Waals surface area contributed by atoms with Gasteiger partial charge in [-0.25, -0.2) is 0 Å². The molecule has 3 nitrogen and oxygen atoms in total. The van der Waals surface area contributed by atoms with E-state index < -0.39 is 0 Å². The highest BCUT2D eigenvalue weighted by molar-refractivity contribution is 7.16. The lowest BCUT2D eigenvalue weighted by molar-refractivity contribution is 0.102. The minimum absolute atomic E-state index is 0.222. The number of anilines is 1. The third kappa shape index (κ3) is 3.10. The number of hydrogen-bond donors (Lipinski definition) is 1. The van der Waals surface area contributed by atoms with Crippen molar-refractivity contribution in [1.82, 2.24) is 0 Å². The van der Waals surface area contributed by atoms with Gasteiger partial charge in [0.25, 0.3) is 5.91 Å². The molecule has 0 aliphatic heterocycles. The molecule has 2 aromatic rings. The van der Waals surface area contributed by atoms with Crippen LogP contribution in [0.3, 0.4) is 0 Å². The Kier molecular flexibility index (Phi) is 4.63. The fraction of sp³-hybridized carbons (Fsp3) is 0.294. The van der Waals surface area contributed by atoms with Crippen LogP contribution in [0.4, 0.5) is 5.00 Å². The van der Waals surface area contributed by atoms with Crippen LogP contribution < -0.4 is 5.32 Å². The van der Waals surface area contributed by atoms with Gasteiger partial charge in [0.1, 0.15) is 11.1 Å². The van der Waals surface area contributed by atoms with Crippen LogP contribution in [0.1, 0.15) is 39.7 Å². The first-order valence-electron chi connectivity index (χ1n) is 7.31. The van der Waals surface area contributed by atoms with Crippen molar-refractivity contribution >= 4 is 45.4 Å². The first-order valence-corrected chi connectivity index (χ1v) is 8.88. The van der Waals surface area contributed by atoms with Gasteiger partial charge >= 0.3 is 0 Å². The second-order valence-corrected chi connectivity index (χ2v) is 7.61. The number of rotatable bonds is 2. The maximum Gasteiger partial charge on any atom is 0.257 e. The van der Waals surface area contributed by atoms with Crippen molar-refractivity contribution in [2.75, 3.05) is 5.32 Å². The molecule has 23 heavy (non-hydrogen) atoms. The molecule has 0 bridgehead atoms. The zero-order valence-electron chi connectivity index (χ0n) is 12.5. The molecule has 1 amide bonds. The highest BCUT2D eigenvalue weighted by Crippen LogP contribution is 2.39. The number of carbonyl (C=O) groups is 1. The Labute approximate surface area is 148 Å². The fourth-order valence-electron chi connectivity index (χ4n) is 2.81. The standard InChI is InChI=1S/C17H14Cl2N2OS/c1-9-5-6-10-12(8-20)17(23-14(10)7-9)21-16(22)11-3-2-4-13(18)15(11)19/h2-4,9H,5-7H2,1H3,(H,21,22)/t9-/m1/s1. The van der Waals surface area contributed by atoms with E-state index in [4.69, 9.17) is 23.2 Å². The molecule has 0 spiro atoms. The van der Waals surface area contributed by atoms with Crippen molar-refractivity contribution in [3.63, 3.8) is 0 Å². The smallest absolute Gasteiger partial charge is 0.257 e. The lowest BCUT2D eigenvalue weighted by Crippen LogP contribution is -2.12. The van der Waals surface area contributed by atoms with E-state index in [0.29, 0.717) is 27.1 Å². The maximum atomic E-state index is 12.5. The summed E-state index contributed by atoms with van der Waals surface area (Å²) in [5.74, 6) is 0.263. The largest absolute Gasteiger partial charge is 0.312 e. The zero-order chi connectivity index (χ0) is 16.6. The highest BCUT2D eigenvalue weighted by Gasteiger charge is 2.25. The van der Waals surface area contributed by atoms with Crippen LogP contribution in [0.25, 0.3) is 0 Å². The molecule has 3 rings (SSSR count). The highest BCUT2D eigenvalue weighted by atomic mass is 35.5. The van der Waals surface area contributed by atoms with E-state index in [2.05, 4.69) is 18.3 Å². The van der Waals surface area contributed by atoms with Crippen LogP contribution in [0, 0.1) is 17.2 Å². The molecule has 1 aliphatic rings. The van der Waals surface area contributed by atoms with Crippen LogP contribution in [-0.2, 0) is 12.8 Å². The molecule has 1 atom stereocenters. The van der Waals surface area contributed by atoms with E-state index >= 15 is 0 Å². The molecular weight excluding hydrogens is 351 g/mol. The summed E-state index contributed by atoms with van der Waals surface area (Å²) in [5, 5.41) is 13.5. The third-order valence-electron chi connectivity index (χ3n) is 4.05. The Hall–Kier alpha value is -1.54. The lowest BCUT2D eigenvalue weighted by atomic mass is 9.88. The van der Waals surface area contributed by atoms with Gasteiger partial charge in [-0.2, -0.15) is 5.26 Å². The SMILES string of the molecule is C[C@@H]1CCc2c(sc(NC(=O)c3cccc(Cl)c3Cl)c2C#N)C1. The molecule has 0 unspecified atom stereocenters. The Morgan fingerprint density at radius 1 is 1.43 bits per heavy atom. The summed E-state index contributed by atoms with van der Waals surface area (Å²) in [6.07, 6.45) is 2.93. The molecular formula is C17H14Cl2N2OS. The van der Waals surface area contributed by atoms with E-state index in [9.17, 15) is 10.1 Å². The number of nitriles is 1. The Morgan fingerprint density at radius 2 is 2.22 bits per heavy atom. The minimum Gasteiger partial charge on any atom is -0.312 e. The first kappa shape index (κ1) is 16.3. The predicted molar refractivity (Wildman–Crippen MR) is 94.6 cm³/mol. The fourth-order valence-corrected chi connectivity index (χ4v) is 4.55. The second-order valence-electron chi connectivity index (χ2n) is 5.72. The van der Waals surface area contributed by atoms with Crippen LogP contribution >= 0.6 is 34.5 Å². The van der Waals surface area contributed by atoms with E-state index in [1.807, 2.05) is 0 Å². The Bertz CT molecular complexity index is 823. The number of fused-ring (bicyclic) bond motifs is 1. The summed E-state index contributed by atoms with van der Waals surface area (Å²) >= 11 is 13.5. The summed E-state index contributed by atoms with van der Waals surface area (Å²) in [6.45, 7) is 2.21. The number of carbonyl (C=O) groups excluding carboxylic acids is 1. The summed E-state index contributed by atoms with van der Waals surface area (Å²) in [5.41, 5.74) is 1.98. The van der Waals surface area contributed by atoms with Gasteiger partial charge in [-0.1, -0.05) is 36.2 Å².